The van der Waals surface area contributed by atoms with Crippen molar-refractivity contribution in [3.63, 3.8) is 0 Å². The topological polar surface area (TPSA) is 176 Å². The van der Waals surface area contributed by atoms with Crippen molar-refractivity contribution in [2.45, 2.75) is 39.0 Å². The van der Waals surface area contributed by atoms with Gasteiger partial charge in [0.2, 0.25) is 0 Å². The van der Waals surface area contributed by atoms with Crippen molar-refractivity contribution in [3.8, 4) is 17.2 Å². The largest absolute Gasteiger partial charge is 0.513 e. The van der Waals surface area contributed by atoms with Crippen LogP contribution in [-0.2, 0) is 38.1 Å². The molecule has 14 nitrogen and oxygen atoms in total. The van der Waals surface area contributed by atoms with Gasteiger partial charge in [0.15, 0.2) is 0 Å². The monoisotopic (exact) mass is 680 g/mol. The molecule has 49 heavy (non-hydrogen) atoms. The summed E-state index contributed by atoms with van der Waals surface area (Å²) in [5.74, 6) is -1.45. The fraction of sp³-hybridized carbons (Fsp3) is 0.314. The van der Waals surface area contributed by atoms with Gasteiger partial charge in [-0.05, 0) is 99.2 Å². The lowest BCUT2D eigenvalue weighted by Gasteiger charge is -2.16. The molecule has 0 amide bonds. The molecule has 0 bridgehead atoms. The van der Waals surface area contributed by atoms with Crippen molar-refractivity contribution < 1.29 is 66.7 Å². The molecule has 0 N–H and O–H groups in total. The normalized spacial score (nSPS) is 13.2. The van der Waals surface area contributed by atoms with Crippen LogP contribution in [0.3, 0.4) is 0 Å². The van der Waals surface area contributed by atoms with Gasteiger partial charge in [-0.25, -0.2) is 19.2 Å². The van der Waals surface area contributed by atoms with Crippen molar-refractivity contribution >= 4 is 36.7 Å². The Balaban J connectivity index is 1.39. The second kappa shape index (κ2) is 20.3. The quantitative estimate of drug-likeness (QED) is 0.0356. The highest BCUT2D eigenvalue weighted by molar-refractivity contribution is 5.91. The van der Waals surface area contributed by atoms with Gasteiger partial charge in [0.25, 0.3) is 6.47 Å². The number of benzene rings is 2. The molecule has 260 valence electrons. The molecular formula is C35H36O14. The first-order chi connectivity index (χ1) is 23.7. The van der Waals surface area contributed by atoms with Gasteiger partial charge >= 0.3 is 30.2 Å². The zero-order valence-electron chi connectivity index (χ0n) is 26.8. The molecule has 0 spiro atoms. The lowest BCUT2D eigenvalue weighted by atomic mass is 10.0. The Labute approximate surface area is 282 Å². The lowest BCUT2D eigenvalue weighted by molar-refractivity contribution is -0.138. The number of carbonyl (C=O) groups is 6. The van der Waals surface area contributed by atoms with E-state index in [4.69, 9.17) is 33.2 Å². The van der Waals surface area contributed by atoms with Crippen molar-refractivity contribution in [2.24, 2.45) is 5.92 Å². The summed E-state index contributed by atoms with van der Waals surface area (Å²) in [5, 5.41) is 0. The van der Waals surface area contributed by atoms with Crippen LogP contribution in [0, 0.1) is 12.8 Å². The molecule has 2 aromatic rings. The van der Waals surface area contributed by atoms with Gasteiger partial charge in [0, 0.05) is 6.08 Å². The van der Waals surface area contributed by atoms with E-state index < -0.39 is 36.1 Å². The van der Waals surface area contributed by atoms with Crippen molar-refractivity contribution in [1.29, 1.82) is 0 Å². The molecule has 1 aliphatic rings. The third-order valence-electron chi connectivity index (χ3n) is 6.54. The smallest absolute Gasteiger partial charge is 0.468 e. The zero-order chi connectivity index (χ0) is 35.4. The predicted octanol–water partition coefficient (Wildman–Crippen LogP) is 5.71. The van der Waals surface area contributed by atoms with Gasteiger partial charge in [-0.1, -0.05) is 12.7 Å². The van der Waals surface area contributed by atoms with E-state index in [0.717, 1.165) is 6.08 Å². The Morgan fingerprint density at radius 2 is 1.41 bits per heavy atom. The van der Waals surface area contributed by atoms with E-state index >= 15 is 0 Å². The molecular weight excluding hydrogens is 644 g/mol. The van der Waals surface area contributed by atoms with Crippen LogP contribution in [0.4, 0.5) is 9.59 Å². The molecule has 0 fully saturated rings. The van der Waals surface area contributed by atoms with E-state index in [-0.39, 0.29) is 61.4 Å². The number of hydrogen-bond acceptors (Lipinski definition) is 14. The molecule has 3 rings (SSSR count). The van der Waals surface area contributed by atoms with Gasteiger partial charge in [-0.15, -0.1) is 0 Å². The van der Waals surface area contributed by atoms with E-state index in [9.17, 15) is 28.8 Å². The van der Waals surface area contributed by atoms with Crippen molar-refractivity contribution in [2.75, 3.05) is 26.4 Å². The highest BCUT2D eigenvalue weighted by Gasteiger charge is 2.22. The SMILES string of the molecule is C=CC(=O)OCCCCOC(=O)Oc1ccc(C(=O)Oc2ccc(OC(=O)C3C=CC(OC(=O)OCCCCOC=O)=CC3)cc2C)cc1. The van der Waals surface area contributed by atoms with Crippen LogP contribution in [0.1, 0.15) is 48.0 Å². The zero-order valence-corrected chi connectivity index (χ0v) is 26.8. The van der Waals surface area contributed by atoms with Gasteiger partial charge in [0.05, 0.1) is 37.9 Å². The highest BCUT2D eigenvalue weighted by Crippen LogP contribution is 2.27. The van der Waals surface area contributed by atoms with Crippen LogP contribution in [0.5, 0.6) is 17.2 Å². The van der Waals surface area contributed by atoms with E-state index in [0.29, 0.717) is 37.7 Å². The average molecular weight is 681 g/mol. The summed E-state index contributed by atoms with van der Waals surface area (Å²) in [7, 11) is 0. The summed E-state index contributed by atoms with van der Waals surface area (Å²) in [4.78, 5) is 70.2. The molecule has 0 aliphatic heterocycles. The minimum atomic E-state index is -0.922. The predicted molar refractivity (Wildman–Crippen MR) is 170 cm³/mol. The summed E-state index contributed by atoms with van der Waals surface area (Å²) in [6, 6.07) is 10.2. The number of carbonyl (C=O) groups excluding carboxylic acids is 6. The molecule has 2 aromatic carbocycles. The lowest BCUT2D eigenvalue weighted by Crippen LogP contribution is -2.20. The number of aryl methyl sites for hydroxylation is 1. The molecule has 0 aromatic heterocycles. The van der Waals surface area contributed by atoms with Gasteiger partial charge in [-0.2, -0.15) is 0 Å². The molecule has 0 saturated carbocycles. The summed E-state index contributed by atoms with van der Waals surface area (Å²) in [6.07, 6.45) is 6.10. The maximum atomic E-state index is 12.7. The number of ether oxygens (including phenoxy) is 8. The van der Waals surface area contributed by atoms with Crippen LogP contribution in [0.2, 0.25) is 0 Å². The van der Waals surface area contributed by atoms with Crippen LogP contribution in [-0.4, -0.2) is 63.1 Å². The maximum absolute atomic E-state index is 12.7. The third kappa shape index (κ3) is 13.8. The number of hydrogen-bond donors (Lipinski definition) is 0. The van der Waals surface area contributed by atoms with Crippen LogP contribution in [0.25, 0.3) is 0 Å². The van der Waals surface area contributed by atoms with E-state index in [1.165, 1.54) is 42.5 Å². The summed E-state index contributed by atoms with van der Waals surface area (Å²) >= 11 is 0. The first-order valence-corrected chi connectivity index (χ1v) is 15.2. The van der Waals surface area contributed by atoms with Crippen LogP contribution in [0.15, 0.2) is 79.1 Å². The van der Waals surface area contributed by atoms with Gasteiger partial charge < -0.3 is 37.9 Å². The molecule has 0 saturated heterocycles. The average Bonchev–Trinajstić information content (AvgIpc) is 3.09. The standard InChI is InChI=1S/C35H36O14/c1-3-31(37)43-19-6-7-21-45-35(41)48-28-14-10-26(11-15-28)33(39)49-30-17-16-29(22-24(30)2)46-32(38)25-8-12-27(13-9-25)47-34(40)44-20-5-4-18-42-23-36/h3,8,10-17,22-23,25H,1,4-7,9,18-21H2,2H3. The van der Waals surface area contributed by atoms with Crippen LogP contribution < -0.4 is 14.2 Å². The van der Waals surface area contributed by atoms with Crippen LogP contribution >= 0.6 is 0 Å². The van der Waals surface area contributed by atoms with Gasteiger partial charge in [0.1, 0.15) is 23.0 Å². The fourth-order valence-electron chi connectivity index (χ4n) is 3.99. The molecule has 14 heteroatoms. The first-order valence-electron chi connectivity index (χ1n) is 15.2. The second-order valence-corrected chi connectivity index (χ2v) is 10.2. The first kappa shape index (κ1) is 37.5. The fourth-order valence-corrected chi connectivity index (χ4v) is 3.99. The summed E-state index contributed by atoms with van der Waals surface area (Å²) < 4.78 is 40.5. The molecule has 1 atom stereocenters. The second-order valence-electron chi connectivity index (χ2n) is 10.2. The molecule has 0 heterocycles. The Morgan fingerprint density at radius 3 is 2.02 bits per heavy atom. The minimum Gasteiger partial charge on any atom is -0.468 e. The minimum absolute atomic E-state index is 0.0709. The molecule has 1 aliphatic carbocycles. The third-order valence-corrected chi connectivity index (χ3v) is 6.54. The van der Waals surface area contributed by atoms with E-state index in [1.54, 1.807) is 25.1 Å². The number of allylic oxidation sites excluding steroid dienone is 2. The molecule has 1 unspecified atom stereocenters. The Hall–Kier alpha value is -5.92. The van der Waals surface area contributed by atoms with Crippen molar-refractivity contribution in [3.05, 3.63) is 90.2 Å². The highest BCUT2D eigenvalue weighted by atomic mass is 16.7. The maximum Gasteiger partial charge on any atom is 0.513 e. The summed E-state index contributed by atoms with van der Waals surface area (Å²) in [5.41, 5.74) is 0.726. The number of esters is 3. The Bertz CT molecular complexity index is 1540. The Kier molecular flexibility index (Phi) is 15.6. The number of rotatable bonds is 18. The number of unbranched alkanes of at least 4 members (excludes halogenated alkanes) is 2. The van der Waals surface area contributed by atoms with E-state index in [1.807, 2.05) is 0 Å². The van der Waals surface area contributed by atoms with Gasteiger partial charge in [-0.3, -0.25) is 9.59 Å². The summed E-state index contributed by atoms with van der Waals surface area (Å²) in [6.45, 7) is 5.93. The molecule has 0 radical (unpaired) electrons. The Morgan fingerprint density at radius 1 is 0.776 bits per heavy atom. The van der Waals surface area contributed by atoms with E-state index in [2.05, 4.69) is 11.3 Å². The van der Waals surface area contributed by atoms with Crippen molar-refractivity contribution in [1.82, 2.24) is 0 Å².